The van der Waals surface area contributed by atoms with Crippen LogP contribution in [0.4, 0.5) is 0 Å². The molecule has 0 aliphatic carbocycles. The van der Waals surface area contributed by atoms with Crippen LogP contribution < -0.4 is 10.4 Å². The van der Waals surface area contributed by atoms with Gasteiger partial charge in [-0.15, -0.1) is 0 Å². The monoisotopic (exact) mass is 370 g/mol. The van der Waals surface area contributed by atoms with Crippen LogP contribution in [0.3, 0.4) is 0 Å². The number of aromatic carboxylic acids is 4. The van der Waals surface area contributed by atoms with Crippen molar-refractivity contribution in [2.45, 2.75) is 26.2 Å². The molecular formula is C14H18O8Si2. The van der Waals surface area contributed by atoms with Crippen molar-refractivity contribution in [3.63, 3.8) is 0 Å². The van der Waals surface area contributed by atoms with E-state index in [1.54, 1.807) is 26.2 Å². The molecule has 0 amide bonds. The highest BCUT2D eigenvalue weighted by Gasteiger charge is 2.37. The molecule has 4 N–H and O–H groups in total. The third-order valence-electron chi connectivity index (χ3n) is 3.59. The van der Waals surface area contributed by atoms with Crippen molar-refractivity contribution in [2.24, 2.45) is 0 Å². The zero-order valence-corrected chi connectivity index (χ0v) is 15.9. The minimum atomic E-state index is -1.98. The first-order chi connectivity index (χ1) is 10.9. The lowest BCUT2D eigenvalue weighted by atomic mass is 9.95. The van der Waals surface area contributed by atoms with Gasteiger partial charge in [-0.3, -0.25) is 0 Å². The number of carboxylic acid groups (broad SMARTS) is 4. The Morgan fingerprint density at radius 2 is 0.750 bits per heavy atom. The molecule has 0 fully saturated rings. The van der Waals surface area contributed by atoms with Crippen LogP contribution in [0.5, 0.6) is 0 Å². The first-order valence-electron chi connectivity index (χ1n) is 7.10. The molecule has 0 saturated heterocycles. The smallest absolute Gasteiger partial charge is 0.337 e. The topological polar surface area (TPSA) is 149 Å². The minimum absolute atomic E-state index is 0.226. The van der Waals surface area contributed by atoms with Crippen molar-refractivity contribution in [1.82, 2.24) is 0 Å². The second-order valence-corrected chi connectivity index (χ2v) is 11.6. The molecule has 8 nitrogen and oxygen atoms in total. The average Bonchev–Trinajstić information content (AvgIpc) is 2.42. The van der Waals surface area contributed by atoms with Gasteiger partial charge in [-0.25, -0.2) is 19.2 Å². The van der Waals surface area contributed by atoms with Gasteiger partial charge in [0.25, 0.3) is 0 Å². The van der Waals surface area contributed by atoms with Crippen LogP contribution in [0.15, 0.2) is 0 Å². The molecule has 0 saturated carbocycles. The Morgan fingerprint density at radius 3 is 0.875 bits per heavy atom. The van der Waals surface area contributed by atoms with Gasteiger partial charge in [0.15, 0.2) is 0 Å². The van der Waals surface area contributed by atoms with Gasteiger partial charge >= 0.3 is 23.9 Å². The Hall–Kier alpha value is -2.47. The van der Waals surface area contributed by atoms with E-state index in [2.05, 4.69) is 0 Å². The third kappa shape index (κ3) is 3.24. The van der Waals surface area contributed by atoms with Gasteiger partial charge in [-0.05, 0) is 10.4 Å². The summed E-state index contributed by atoms with van der Waals surface area (Å²) >= 11 is 0. The predicted molar refractivity (Wildman–Crippen MR) is 91.3 cm³/mol. The first kappa shape index (κ1) is 19.6. The number of hydrogen-bond donors (Lipinski definition) is 4. The maximum atomic E-state index is 11.7. The third-order valence-corrected chi connectivity index (χ3v) is 7.43. The minimum Gasteiger partial charge on any atom is -0.478 e. The fourth-order valence-electron chi connectivity index (χ4n) is 2.86. The summed E-state index contributed by atoms with van der Waals surface area (Å²) in [6, 6.07) is 0. The summed E-state index contributed by atoms with van der Waals surface area (Å²) in [4.78, 5) is 46.6. The molecule has 0 heterocycles. The summed E-state index contributed by atoms with van der Waals surface area (Å²) < 4.78 is 0. The summed E-state index contributed by atoms with van der Waals surface area (Å²) in [5.74, 6) is -6.64. The van der Waals surface area contributed by atoms with Gasteiger partial charge in [-0.2, -0.15) is 0 Å². The van der Waals surface area contributed by atoms with Gasteiger partial charge in [0.05, 0.1) is 39.8 Å². The molecule has 0 atom stereocenters. The van der Waals surface area contributed by atoms with Crippen molar-refractivity contribution in [3.05, 3.63) is 22.3 Å². The maximum absolute atomic E-state index is 11.7. The van der Waals surface area contributed by atoms with Crippen LogP contribution in [0.25, 0.3) is 0 Å². The van der Waals surface area contributed by atoms with E-state index in [-0.39, 0.29) is 10.4 Å². The van der Waals surface area contributed by atoms with E-state index in [9.17, 15) is 39.6 Å². The van der Waals surface area contributed by atoms with Gasteiger partial charge < -0.3 is 20.4 Å². The quantitative estimate of drug-likeness (QED) is 0.506. The van der Waals surface area contributed by atoms with Gasteiger partial charge in [0.1, 0.15) is 0 Å². The van der Waals surface area contributed by atoms with E-state index in [0.29, 0.717) is 0 Å². The molecule has 24 heavy (non-hydrogen) atoms. The van der Waals surface area contributed by atoms with E-state index in [4.69, 9.17) is 0 Å². The van der Waals surface area contributed by atoms with E-state index in [1.165, 1.54) is 0 Å². The normalized spacial score (nSPS) is 10.9. The molecule has 1 aromatic rings. The van der Waals surface area contributed by atoms with Gasteiger partial charge in [0.2, 0.25) is 0 Å². The maximum Gasteiger partial charge on any atom is 0.337 e. The number of carbonyl (C=O) groups is 4. The van der Waals surface area contributed by atoms with Crippen LogP contribution in [0.1, 0.15) is 41.4 Å². The first-order valence-corrected chi connectivity index (χ1v) is 12.9. The summed E-state index contributed by atoms with van der Waals surface area (Å²) in [5.41, 5.74) is -3.07. The van der Waals surface area contributed by atoms with E-state index < -0.39 is 63.7 Å². The van der Waals surface area contributed by atoms with Crippen LogP contribution in [-0.4, -0.2) is 61.9 Å². The lowest BCUT2D eigenvalue weighted by molar-refractivity contribution is 0.0621. The molecule has 0 aliphatic heterocycles. The van der Waals surface area contributed by atoms with Crippen molar-refractivity contribution < 1.29 is 39.6 Å². The van der Waals surface area contributed by atoms with Gasteiger partial charge in [0, 0.05) is 0 Å². The largest absolute Gasteiger partial charge is 0.478 e. The van der Waals surface area contributed by atoms with Crippen LogP contribution in [-0.2, 0) is 0 Å². The average molecular weight is 370 g/mol. The Balaban J connectivity index is 4.41. The summed E-state index contributed by atoms with van der Waals surface area (Å²) in [5, 5.41) is 38.3. The molecule has 0 aromatic heterocycles. The number of benzene rings is 1. The van der Waals surface area contributed by atoms with Crippen molar-refractivity contribution in [1.29, 1.82) is 0 Å². The Bertz CT molecular complexity index is 689. The fourth-order valence-corrected chi connectivity index (χ4v) is 8.08. The Morgan fingerprint density at radius 1 is 0.542 bits per heavy atom. The highest BCUT2D eigenvalue weighted by molar-refractivity contribution is 6.84. The number of rotatable bonds is 6. The summed E-state index contributed by atoms with van der Waals surface area (Å²) in [7, 11) is -3.95. The molecule has 1 aromatic carbocycles. The molecule has 130 valence electrons. The van der Waals surface area contributed by atoms with E-state index >= 15 is 0 Å². The molecule has 1 rings (SSSR count). The lowest BCUT2D eigenvalue weighted by Gasteiger charge is -2.24. The Labute approximate surface area is 140 Å². The standard InChI is InChI=1S/C14H18O8Si2/c1-23(2)9-7(13(19)20)5(11(15)16)6(12(17)18)8(14(21)22)10(9)24(3)4/h23-24H,1-4H3,(H,15,16)(H,17,18)(H,19,20)(H,21,22). The fraction of sp³-hybridized carbons (Fsp3) is 0.286. The van der Waals surface area contributed by atoms with Crippen molar-refractivity contribution in [2.75, 3.05) is 0 Å². The van der Waals surface area contributed by atoms with Crippen molar-refractivity contribution in [3.8, 4) is 0 Å². The highest BCUT2D eigenvalue weighted by Crippen LogP contribution is 2.20. The zero-order valence-electron chi connectivity index (χ0n) is 13.6. The second kappa shape index (κ2) is 6.97. The van der Waals surface area contributed by atoms with Crippen LogP contribution in [0, 0.1) is 0 Å². The zero-order chi connectivity index (χ0) is 18.9. The molecule has 10 heteroatoms. The highest BCUT2D eigenvalue weighted by atomic mass is 28.3. The SMILES string of the molecule is C[SiH](C)c1c(C(=O)O)c(C(=O)O)c(C(=O)O)c(C(=O)O)c1[SiH](C)C. The molecule has 0 unspecified atom stereocenters. The number of hydrogen-bond acceptors (Lipinski definition) is 4. The molecule has 0 spiro atoms. The van der Waals surface area contributed by atoms with Crippen molar-refractivity contribution >= 4 is 51.8 Å². The van der Waals surface area contributed by atoms with Crippen LogP contribution >= 0.6 is 0 Å². The van der Waals surface area contributed by atoms with Gasteiger partial charge in [-0.1, -0.05) is 26.2 Å². The molecule has 0 bridgehead atoms. The van der Waals surface area contributed by atoms with E-state index in [0.717, 1.165) is 0 Å². The molecular weight excluding hydrogens is 352 g/mol. The molecule has 0 radical (unpaired) electrons. The number of carboxylic acids is 4. The Kier molecular flexibility index (Phi) is 5.68. The van der Waals surface area contributed by atoms with E-state index in [1.807, 2.05) is 0 Å². The summed E-state index contributed by atoms with van der Waals surface area (Å²) in [6.07, 6.45) is 0. The summed E-state index contributed by atoms with van der Waals surface area (Å²) in [6.45, 7) is 7.00. The second-order valence-electron chi connectivity index (χ2n) is 5.86. The lowest BCUT2D eigenvalue weighted by Crippen LogP contribution is -2.52. The predicted octanol–water partition coefficient (Wildman–Crippen LogP) is -0.133. The molecule has 0 aliphatic rings. The van der Waals surface area contributed by atoms with Crippen LogP contribution in [0.2, 0.25) is 26.2 Å².